The highest BCUT2D eigenvalue weighted by Crippen LogP contribution is 2.19. The van der Waals surface area contributed by atoms with Gasteiger partial charge in [0.2, 0.25) is 0 Å². The Bertz CT molecular complexity index is 579. The van der Waals surface area contributed by atoms with Gasteiger partial charge in [-0.2, -0.15) is 0 Å². The van der Waals surface area contributed by atoms with E-state index in [0.29, 0.717) is 0 Å². The van der Waals surface area contributed by atoms with Crippen molar-refractivity contribution in [3.8, 4) is 0 Å². The minimum Gasteiger partial charge on any atom is -0.357 e. The van der Waals surface area contributed by atoms with E-state index in [9.17, 15) is 0 Å². The second-order valence-electron chi connectivity index (χ2n) is 7.67. The number of guanidine groups is 1. The lowest BCUT2D eigenvalue weighted by atomic mass is 10.0. The van der Waals surface area contributed by atoms with Crippen LogP contribution in [0.1, 0.15) is 51.0 Å². The van der Waals surface area contributed by atoms with E-state index < -0.39 is 0 Å². The number of pyridine rings is 1. The molecule has 1 aromatic rings. The normalized spacial score (nSPS) is 21.5. The second-order valence-corrected chi connectivity index (χ2v) is 7.67. The molecule has 0 saturated carbocycles. The van der Waals surface area contributed by atoms with Crippen molar-refractivity contribution in [2.45, 2.75) is 58.0 Å². The van der Waals surface area contributed by atoms with Crippen LogP contribution < -0.4 is 15.5 Å². The molecule has 3 heterocycles. The molecular formula is C21H36N6. The molecule has 2 aliphatic rings. The fraction of sp³-hybridized carbons (Fsp3) is 0.714. The number of rotatable bonds is 7. The van der Waals surface area contributed by atoms with Gasteiger partial charge in [0.15, 0.2) is 5.96 Å². The smallest absolute Gasteiger partial charge is 0.191 e. The zero-order valence-corrected chi connectivity index (χ0v) is 17.1. The van der Waals surface area contributed by atoms with Crippen molar-refractivity contribution >= 4 is 11.8 Å². The third-order valence-electron chi connectivity index (χ3n) is 5.83. The quantitative estimate of drug-likeness (QED) is 0.569. The molecule has 2 fully saturated rings. The fourth-order valence-corrected chi connectivity index (χ4v) is 4.20. The van der Waals surface area contributed by atoms with Gasteiger partial charge < -0.3 is 15.5 Å². The monoisotopic (exact) mass is 372 g/mol. The Balaban J connectivity index is 1.39. The molecule has 3 rings (SSSR count). The minimum atomic E-state index is 0.744. The number of aliphatic imine (C=N–C) groups is 1. The lowest BCUT2D eigenvalue weighted by molar-refractivity contribution is 0.147. The van der Waals surface area contributed by atoms with Gasteiger partial charge in [-0.15, -0.1) is 0 Å². The van der Waals surface area contributed by atoms with Crippen molar-refractivity contribution < 1.29 is 0 Å². The van der Waals surface area contributed by atoms with Gasteiger partial charge in [-0.05, 0) is 50.3 Å². The highest BCUT2D eigenvalue weighted by Gasteiger charge is 2.20. The Kier molecular flexibility index (Phi) is 7.75. The van der Waals surface area contributed by atoms with Gasteiger partial charge in [0.1, 0.15) is 5.82 Å². The predicted octanol–water partition coefficient (Wildman–Crippen LogP) is 2.61. The van der Waals surface area contributed by atoms with Crippen LogP contribution in [0.3, 0.4) is 0 Å². The zero-order chi connectivity index (χ0) is 18.9. The summed E-state index contributed by atoms with van der Waals surface area (Å²) in [5, 5.41) is 6.86. The summed E-state index contributed by atoms with van der Waals surface area (Å²) >= 11 is 0. The van der Waals surface area contributed by atoms with Crippen molar-refractivity contribution in [3.05, 3.63) is 23.9 Å². The minimum absolute atomic E-state index is 0.744. The van der Waals surface area contributed by atoms with Crippen molar-refractivity contribution in [2.75, 3.05) is 44.7 Å². The Morgan fingerprint density at radius 1 is 1.15 bits per heavy atom. The Morgan fingerprint density at radius 3 is 2.67 bits per heavy atom. The fourth-order valence-electron chi connectivity index (χ4n) is 4.20. The van der Waals surface area contributed by atoms with Crippen molar-refractivity contribution in [1.82, 2.24) is 20.5 Å². The third kappa shape index (κ3) is 5.83. The molecule has 1 aromatic heterocycles. The molecule has 0 spiro atoms. The number of nitrogens with one attached hydrogen (secondary N) is 2. The average molecular weight is 373 g/mol. The topological polar surface area (TPSA) is 55.8 Å². The molecule has 6 heteroatoms. The van der Waals surface area contributed by atoms with Crippen LogP contribution in [0.2, 0.25) is 0 Å². The van der Waals surface area contributed by atoms with Crippen LogP contribution >= 0.6 is 0 Å². The summed E-state index contributed by atoms with van der Waals surface area (Å²) < 4.78 is 0. The maximum absolute atomic E-state index is 4.62. The molecule has 2 N–H and O–H groups in total. The van der Waals surface area contributed by atoms with E-state index in [0.717, 1.165) is 50.5 Å². The summed E-state index contributed by atoms with van der Waals surface area (Å²) in [5.74, 6) is 1.97. The first kappa shape index (κ1) is 19.9. The SMILES string of the molecule is CCC1CCCCN1CCNC(=NC)NCc1ccc(N2CCCC2)nc1. The number of nitrogens with zero attached hydrogens (tertiary/aromatic N) is 4. The third-order valence-corrected chi connectivity index (χ3v) is 5.83. The number of aromatic nitrogens is 1. The standard InChI is InChI=1S/C21H36N6/c1-3-19-8-4-5-12-26(19)15-11-23-21(22-2)25-17-18-9-10-20(24-16-18)27-13-6-7-14-27/h9-10,16,19H,3-8,11-15,17H2,1-2H3,(H2,22,23,25). The largest absolute Gasteiger partial charge is 0.357 e. The Hall–Kier alpha value is -1.82. The van der Waals surface area contributed by atoms with Gasteiger partial charge >= 0.3 is 0 Å². The number of piperidine rings is 1. The molecule has 1 unspecified atom stereocenters. The maximum atomic E-state index is 4.62. The first-order valence-corrected chi connectivity index (χ1v) is 10.7. The maximum Gasteiger partial charge on any atom is 0.191 e. The van der Waals surface area contributed by atoms with Crippen LogP contribution in [0.15, 0.2) is 23.3 Å². The molecule has 0 bridgehead atoms. The Labute approximate surface area is 164 Å². The molecule has 2 saturated heterocycles. The highest BCUT2D eigenvalue weighted by molar-refractivity contribution is 5.79. The summed E-state index contributed by atoms with van der Waals surface area (Å²) in [7, 11) is 1.83. The van der Waals surface area contributed by atoms with Gasteiger partial charge in [0.25, 0.3) is 0 Å². The first-order valence-electron chi connectivity index (χ1n) is 10.7. The van der Waals surface area contributed by atoms with Crippen LogP contribution in [0.25, 0.3) is 0 Å². The van der Waals surface area contributed by atoms with Crippen LogP contribution in [-0.2, 0) is 6.54 Å². The summed E-state index contributed by atoms with van der Waals surface area (Å²) in [6, 6.07) is 5.07. The predicted molar refractivity (Wildman–Crippen MR) is 113 cm³/mol. The molecule has 6 nitrogen and oxygen atoms in total. The lowest BCUT2D eigenvalue weighted by Crippen LogP contribution is -2.45. The van der Waals surface area contributed by atoms with Crippen molar-refractivity contribution in [1.29, 1.82) is 0 Å². The molecule has 0 aliphatic carbocycles. The van der Waals surface area contributed by atoms with Crippen LogP contribution in [0.4, 0.5) is 5.82 Å². The van der Waals surface area contributed by atoms with E-state index in [4.69, 9.17) is 0 Å². The molecule has 27 heavy (non-hydrogen) atoms. The average Bonchev–Trinajstić information content (AvgIpc) is 3.26. The van der Waals surface area contributed by atoms with Gasteiger partial charge in [0, 0.05) is 52.0 Å². The van der Waals surface area contributed by atoms with E-state index in [1.54, 1.807) is 0 Å². The lowest BCUT2D eigenvalue weighted by Gasteiger charge is -2.35. The Morgan fingerprint density at radius 2 is 1.96 bits per heavy atom. The van der Waals surface area contributed by atoms with Crippen molar-refractivity contribution in [3.63, 3.8) is 0 Å². The van der Waals surface area contributed by atoms with E-state index in [1.807, 2.05) is 13.2 Å². The van der Waals surface area contributed by atoms with Crippen molar-refractivity contribution in [2.24, 2.45) is 4.99 Å². The number of anilines is 1. The number of likely N-dealkylation sites (tertiary alicyclic amines) is 1. The van der Waals surface area contributed by atoms with E-state index in [1.165, 1.54) is 50.6 Å². The van der Waals surface area contributed by atoms with E-state index >= 15 is 0 Å². The summed E-state index contributed by atoms with van der Waals surface area (Å²) in [6.45, 7) is 8.58. The summed E-state index contributed by atoms with van der Waals surface area (Å²) in [6.07, 6.45) is 9.87. The van der Waals surface area contributed by atoms with Crippen LogP contribution in [0.5, 0.6) is 0 Å². The molecule has 0 radical (unpaired) electrons. The van der Waals surface area contributed by atoms with Gasteiger partial charge in [-0.3, -0.25) is 9.89 Å². The molecule has 1 atom stereocenters. The second kappa shape index (κ2) is 10.5. The van der Waals surface area contributed by atoms with E-state index in [2.05, 4.69) is 49.5 Å². The van der Waals surface area contributed by atoms with Gasteiger partial charge in [0.05, 0.1) is 0 Å². The number of hydrogen-bond acceptors (Lipinski definition) is 4. The summed E-state index contributed by atoms with van der Waals surface area (Å²) in [4.78, 5) is 14.0. The van der Waals surface area contributed by atoms with Crippen LogP contribution in [0, 0.1) is 0 Å². The molecule has 0 aromatic carbocycles. The molecule has 2 aliphatic heterocycles. The highest BCUT2D eigenvalue weighted by atomic mass is 15.2. The van der Waals surface area contributed by atoms with Gasteiger partial charge in [-0.25, -0.2) is 4.98 Å². The molecule has 150 valence electrons. The number of hydrogen-bond donors (Lipinski definition) is 2. The first-order chi connectivity index (χ1) is 13.3. The van der Waals surface area contributed by atoms with Gasteiger partial charge in [-0.1, -0.05) is 19.4 Å². The molecular weight excluding hydrogens is 336 g/mol. The molecule has 0 amide bonds. The summed E-state index contributed by atoms with van der Waals surface area (Å²) in [5.41, 5.74) is 1.18. The van der Waals surface area contributed by atoms with E-state index in [-0.39, 0.29) is 0 Å². The van der Waals surface area contributed by atoms with Crippen LogP contribution in [-0.4, -0.2) is 61.7 Å². The zero-order valence-electron chi connectivity index (χ0n) is 17.1.